The zero-order valence-electron chi connectivity index (χ0n) is 25.4. The molecule has 1 aromatic carbocycles. The van der Waals surface area contributed by atoms with Gasteiger partial charge in [0.15, 0.2) is 0 Å². The van der Waals surface area contributed by atoms with Crippen molar-refractivity contribution in [2.24, 2.45) is 46.3 Å². The van der Waals surface area contributed by atoms with Gasteiger partial charge in [-0.2, -0.15) is 0 Å². The third-order valence-electron chi connectivity index (χ3n) is 11.7. The lowest BCUT2D eigenvalue weighted by atomic mass is 9.47. The van der Waals surface area contributed by atoms with Gasteiger partial charge >= 0.3 is 11.9 Å². The van der Waals surface area contributed by atoms with Crippen molar-refractivity contribution in [2.45, 2.75) is 111 Å². The second kappa shape index (κ2) is 12.4. The zero-order chi connectivity index (χ0) is 29.2. The molecule has 5 heteroatoms. The number of fused-ring (bicyclic) bond motifs is 5. The molecule has 4 aliphatic carbocycles. The van der Waals surface area contributed by atoms with Crippen LogP contribution in [-0.2, 0) is 0 Å². The summed E-state index contributed by atoms with van der Waals surface area (Å²) >= 11 is 0. The van der Waals surface area contributed by atoms with Crippen molar-refractivity contribution in [2.75, 3.05) is 0 Å². The molecule has 5 nitrogen and oxygen atoms in total. The van der Waals surface area contributed by atoms with Gasteiger partial charge < -0.3 is 15.3 Å². The van der Waals surface area contributed by atoms with Crippen LogP contribution in [0.1, 0.15) is 126 Å². The first-order valence-electron chi connectivity index (χ1n) is 15.8. The normalized spacial score (nSPS) is 35.4. The summed E-state index contributed by atoms with van der Waals surface area (Å²) in [5.41, 5.74) is 2.22. The van der Waals surface area contributed by atoms with Crippen LogP contribution >= 0.6 is 0 Å². The Morgan fingerprint density at radius 1 is 0.900 bits per heavy atom. The highest BCUT2D eigenvalue weighted by Crippen LogP contribution is 2.67. The van der Waals surface area contributed by atoms with Gasteiger partial charge in [-0.25, -0.2) is 9.59 Å². The minimum absolute atomic E-state index is 0.0766. The predicted octanol–water partition coefficient (Wildman–Crippen LogP) is 8.47. The Bertz CT molecular complexity index is 1060. The first kappa shape index (κ1) is 30.8. The summed E-state index contributed by atoms with van der Waals surface area (Å²) < 4.78 is 0. The summed E-state index contributed by atoms with van der Waals surface area (Å²) in [6, 6.07) is 5.48. The third-order valence-corrected chi connectivity index (χ3v) is 11.7. The number of carboxylic acids is 2. The number of carbonyl (C=O) groups is 2. The molecule has 0 radical (unpaired) electrons. The summed E-state index contributed by atoms with van der Waals surface area (Å²) in [6.07, 6.45) is 17.2. The SMILES string of the molecule is CC(C)CCC[C@@H](C)[C@H]1CC[C@H]2[C@@H]3CC=C4C[C@@H](O)CC[C@]4(C)[C@H]3CC[C@]12C.O=C(O)c1ccccc1C(=O)O. The maximum absolute atomic E-state index is 10.5. The highest BCUT2D eigenvalue weighted by molar-refractivity contribution is 6.01. The van der Waals surface area contributed by atoms with E-state index in [2.05, 4.69) is 40.7 Å². The van der Waals surface area contributed by atoms with Crippen LogP contribution in [0.15, 0.2) is 35.9 Å². The van der Waals surface area contributed by atoms with E-state index in [4.69, 9.17) is 10.2 Å². The average Bonchev–Trinajstić information content (AvgIpc) is 3.26. The molecule has 8 atom stereocenters. The largest absolute Gasteiger partial charge is 0.478 e. The molecule has 0 unspecified atom stereocenters. The monoisotopic (exact) mass is 552 g/mol. The predicted molar refractivity (Wildman–Crippen MR) is 159 cm³/mol. The quantitative estimate of drug-likeness (QED) is 0.295. The van der Waals surface area contributed by atoms with Crippen molar-refractivity contribution in [3.8, 4) is 0 Å². The Hall–Kier alpha value is -2.14. The smallest absolute Gasteiger partial charge is 0.336 e. The molecular weight excluding hydrogens is 500 g/mol. The first-order chi connectivity index (χ1) is 18.9. The van der Waals surface area contributed by atoms with Crippen LogP contribution in [0.25, 0.3) is 0 Å². The number of aliphatic hydroxyl groups excluding tert-OH is 1. The van der Waals surface area contributed by atoms with Gasteiger partial charge in [-0.1, -0.05) is 77.7 Å². The topological polar surface area (TPSA) is 94.8 Å². The summed E-state index contributed by atoms with van der Waals surface area (Å²) in [4.78, 5) is 20.9. The van der Waals surface area contributed by atoms with Crippen molar-refractivity contribution in [1.29, 1.82) is 0 Å². The molecule has 0 saturated heterocycles. The van der Waals surface area contributed by atoms with E-state index in [0.717, 1.165) is 48.3 Å². The zero-order valence-corrected chi connectivity index (χ0v) is 25.4. The number of aliphatic hydroxyl groups is 1. The lowest BCUT2D eigenvalue weighted by Crippen LogP contribution is -2.50. The van der Waals surface area contributed by atoms with Crippen LogP contribution in [0.5, 0.6) is 0 Å². The molecule has 1 aromatic rings. The molecule has 0 spiro atoms. The fraction of sp³-hybridized carbons (Fsp3) is 0.714. The van der Waals surface area contributed by atoms with Crippen LogP contribution in [0.2, 0.25) is 0 Å². The minimum atomic E-state index is -1.23. The summed E-state index contributed by atoms with van der Waals surface area (Å²) in [5.74, 6) is 3.00. The average molecular weight is 553 g/mol. The van der Waals surface area contributed by atoms with Gasteiger partial charge in [0.1, 0.15) is 0 Å². The summed E-state index contributed by atoms with van der Waals surface area (Å²) in [5, 5.41) is 27.3. The number of aromatic carboxylic acids is 2. The van der Waals surface area contributed by atoms with Gasteiger partial charge in [-0.15, -0.1) is 0 Å². The number of hydrogen-bond acceptors (Lipinski definition) is 3. The molecule has 222 valence electrons. The Kier molecular flexibility index (Phi) is 9.54. The van der Waals surface area contributed by atoms with E-state index in [1.165, 1.54) is 82.1 Å². The fourth-order valence-electron chi connectivity index (χ4n) is 9.52. The second-order valence-electron chi connectivity index (χ2n) is 14.3. The second-order valence-corrected chi connectivity index (χ2v) is 14.3. The Labute approximate surface area is 241 Å². The lowest BCUT2D eigenvalue weighted by Gasteiger charge is -2.58. The van der Waals surface area contributed by atoms with Crippen molar-refractivity contribution in [3.63, 3.8) is 0 Å². The number of benzene rings is 1. The maximum Gasteiger partial charge on any atom is 0.336 e. The van der Waals surface area contributed by atoms with E-state index >= 15 is 0 Å². The Morgan fingerprint density at radius 2 is 1.55 bits per heavy atom. The van der Waals surface area contributed by atoms with Crippen molar-refractivity contribution in [3.05, 3.63) is 47.0 Å². The van der Waals surface area contributed by atoms with Crippen LogP contribution in [-0.4, -0.2) is 33.4 Å². The van der Waals surface area contributed by atoms with E-state index in [1.807, 2.05) is 0 Å². The van der Waals surface area contributed by atoms with E-state index in [0.29, 0.717) is 10.8 Å². The minimum Gasteiger partial charge on any atom is -0.478 e. The van der Waals surface area contributed by atoms with Crippen molar-refractivity contribution < 1.29 is 24.9 Å². The molecule has 3 saturated carbocycles. The summed E-state index contributed by atoms with van der Waals surface area (Å²) in [7, 11) is 0. The highest BCUT2D eigenvalue weighted by Gasteiger charge is 2.59. The van der Waals surface area contributed by atoms with Crippen molar-refractivity contribution >= 4 is 11.9 Å². The molecule has 0 aliphatic heterocycles. The molecule has 0 amide bonds. The molecule has 5 rings (SSSR count). The molecule has 3 N–H and O–H groups in total. The molecule has 0 aromatic heterocycles. The van der Waals surface area contributed by atoms with Crippen LogP contribution in [0.3, 0.4) is 0 Å². The van der Waals surface area contributed by atoms with E-state index in [1.54, 1.807) is 5.57 Å². The first-order valence-corrected chi connectivity index (χ1v) is 15.8. The molecule has 4 aliphatic rings. The van der Waals surface area contributed by atoms with E-state index in [9.17, 15) is 14.7 Å². The highest BCUT2D eigenvalue weighted by atomic mass is 16.4. The van der Waals surface area contributed by atoms with Gasteiger partial charge in [0.05, 0.1) is 17.2 Å². The number of carboxylic acid groups (broad SMARTS) is 2. The standard InChI is InChI=1S/C27H46O.C8H6O4/c1-18(2)7-6-8-19(3)23-11-12-24-22-10-9-20-17-21(28)13-15-26(20,4)25(22)14-16-27(23,24)5;9-7(10)5-3-1-2-4-6(5)8(11)12/h9,18-19,21-25,28H,6-8,10-17H2,1-5H3;1-4H,(H,9,10)(H,11,12)/t19-,21+,22+,23-,24+,25+,26+,27-;/m1./s1. The van der Waals surface area contributed by atoms with Gasteiger partial charge in [-0.3, -0.25) is 0 Å². The molecule has 40 heavy (non-hydrogen) atoms. The Morgan fingerprint density at radius 3 is 2.15 bits per heavy atom. The number of rotatable bonds is 7. The fourth-order valence-corrected chi connectivity index (χ4v) is 9.52. The van der Waals surface area contributed by atoms with Crippen LogP contribution in [0, 0.1) is 46.3 Å². The molecule has 0 heterocycles. The molecular formula is C35H52O5. The number of hydrogen-bond donors (Lipinski definition) is 3. The maximum atomic E-state index is 10.5. The van der Waals surface area contributed by atoms with Gasteiger partial charge in [0, 0.05) is 0 Å². The van der Waals surface area contributed by atoms with Gasteiger partial charge in [0.25, 0.3) is 0 Å². The van der Waals surface area contributed by atoms with Crippen LogP contribution in [0.4, 0.5) is 0 Å². The molecule has 3 fully saturated rings. The van der Waals surface area contributed by atoms with Crippen LogP contribution < -0.4 is 0 Å². The van der Waals surface area contributed by atoms with E-state index in [-0.39, 0.29) is 17.2 Å². The third kappa shape index (κ3) is 6.05. The lowest BCUT2D eigenvalue weighted by molar-refractivity contribution is -0.0573. The summed E-state index contributed by atoms with van der Waals surface area (Å²) in [6.45, 7) is 12.6. The van der Waals surface area contributed by atoms with Gasteiger partial charge in [-0.05, 0) is 110 Å². The van der Waals surface area contributed by atoms with E-state index < -0.39 is 11.9 Å². The number of allylic oxidation sites excluding steroid dienone is 1. The van der Waals surface area contributed by atoms with Gasteiger partial charge in [0.2, 0.25) is 0 Å². The molecule has 0 bridgehead atoms. The van der Waals surface area contributed by atoms with Crippen molar-refractivity contribution in [1.82, 2.24) is 0 Å². The Balaban J connectivity index is 0.000000259.